The standard InChI is InChI=1S/C11H12FN3/c1-15-11(13)10(7-14-15)9-5-3-2-4-8(9)6-12/h2-5,7H,6,13H2,1H3. The Morgan fingerprint density at radius 3 is 2.67 bits per heavy atom. The van der Waals surface area contributed by atoms with Crippen LogP contribution in [-0.4, -0.2) is 9.78 Å². The molecule has 0 aliphatic carbocycles. The zero-order valence-electron chi connectivity index (χ0n) is 8.44. The number of aromatic nitrogens is 2. The van der Waals surface area contributed by atoms with Crippen LogP contribution in [0.2, 0.25) is 0 Å². The van der Waals surface area contributed by atoms with Gasteiger partial charge in [-0.1, -0.05) is 24.3 Å². The van der Waals surface area contributed by atoms with Gasteiger partial charge in [0.15, 0.2) is 0 Å². The lowest BCUT2D eigenvalue weighted by Gasteiger charge is -2.05. The van der Waals surface area contributed by atoms with Crippen LogP contribution in [0, 0.1) is 0 Å². The summed E-state index contributed by atoms with van der Waals surface area (Å²) in [6, 6.07) is 7.27. The molecular formula is C11H12FN3. The van der Waals surface area contributed by atoms with Crippen molar-refractivity contribution in [3.05, 3.63) is 36.0 Å². The van der Waals surface area contributed by atoms with Crippen molar-refractivity contribution in [3.63, 3.8) is 0 Å². The van der Waals surface area contributed by atoms with Crippen molar-refractivity contribution >= 4 is 5.82 Å². The quantitative estimate of drug-likeness (QED) is 0.816. The number of anilines is 1. The van der Waals surface area contributed by atoms with Gasteiger partial charge in [-0.15, -0.1) is 0 Å². The van der Waals surface area contributed by atoms with E-state index in [1.54, 1.807) is 24.0 Å². The van der Waals surface area contributed by atoms with Gasteiger partial charge in [-0.05, 0) is 11.1 Å². The molecule has 0 spiro atoms. The van der Waals surface area contributed by atoms with E-state index in [0.717, 1.165) is 11.1 Å². The molecule has 15 heavy (non-hydrogen) atoms. The van der Waals surface area contributed by atoms with Gasteiger partial charge in [-0.2, -0.15) is 5.10 Å². The van der Waals surface area contributed by atoms with Gasteiger partial charge >= 0.3 is 0 Å². The first-order valence-corrected chi connectivity index (χ1v) is 4.65. The van der Waals surface area contributed by atoms with Crippen molar-refractivity contribution in [2.45, 2.75) is 6.67 Å². The van der Waals surface area contributed by atoms with E-state index in [1.165, 1.54) is 0 Å². The van der Waals surface area contributed by atoms with E-state index in [4.69, 9.17) is 5.73 Å². The Balaban J connectivity index is 2.58. The molecule has 3 nitrogen and oxygen atoms in total. The van der Waals surface area contributed by atoms with Crippen LogP contribution in [-0.2, 0) is 13.7 Å². The number of nitrogen functional groups attached to an aromatic ring is 1. The molecule has 0 saturated carbocycles. The lowest BCUT2D eigenvalue weighted by Crippen LogP contribution is -1.98. The molecule has 1 aromatic heterocycles. The highest BCUT2D eigenvalue weighted by molar-refractivity contribution is 5.75. The van der Waals surface area contributed by atoms with Crippen molar-refractivity contribution in [3.8, 4) is 11.1 Å². The zero-order chi connectivity index (χ0) is 10.8. The van der Waals surface area contributed by atoms with Crippen LogP contribution >= 0.6 is 0 Å². The van der Waals surface area contributed by atoms with E-state index in [2.05, 4.69) is 5.10 Å². The van der Waals surface area contributed by atoms with Crippen LogP contribution in [0.4, 0.5) is 10.2 Å². The second kappa shape index (κ2) is 3.73. The van der Waals surface area contributed by atoms with Gasteiger partial charge in [-0.25, -0.2) is 4.39 Å². The Morgan fingerprint density at radius 2 is 2.07 bits per heavy atom. The highest BCUT2D eigenvalue weighted by atomic mass is 19.1. The molecule has 0 saturated heterocycles. The Labute approximate surface area is 87.3 Å². The third-order valence-electron chi connectivity index (χ3n) is 2.44. The molecule has 0 fully saturated rings. The molecule has 0 aliphatic rings. The van der Waals surface area contributed by atoms with Gasteiger partial charge < -0.3 is 5.73 Å². The average Bonchev–Trinajstić information content (AvgIpc) is 2.60. The van der Waals surface area contributed by atoms with Crippen molar-refractivity contribution in [2.75, 3.05) is 5.73 Å². The Kier molecular flexibility index (Phi) is 2.41. The molecule has 0 atom stereocenters. The van der Waals surface area contributed by atoms with Crippen LogP contribution in [0.1, 0.15) is 5.56 Å². The van der Waals surface area contributed by atoms with Crippen LogP contribution in [0.15, 0.2) is 30.5 Å². The van der Waals surface area contributed by atoms with Crippen LogP contribution in [0.5, 0.6) is 0 Å². The Hall–Kier alpha value is -1.84. The van der Waals surface area contributed by atoms with Gasteiger partial charge in [0.25, 0.3) is 0 Å². The van der Waals surface area contributed by atoms with Crippen LogP contribution in [0.3, 0.4) is 0 Å². The molecule has 2 rings (SSSR count). The molecule has 78 valence electrons. The van der Waals surface area contributed by atoms with Gasteiger partial charge in [0.1, 0.15) is 12.5 Å². The lowest BCUT2D eigenvalue weighted by atomic mass is 10.0. The molecule has 1 heterocycles. The average molecular weight is 205 g/mol. The maximum absolute atomic E-state index is 12.7. The molecule has 0 radical (unpaired) electrons. The summed E-state index contributed by atoms with van der Waals surface area (Å²) in [6.07, 6.45) is 1.66. The number of halogens is 1. The van der Waals surface area contributed by atoms with Crippen molar-refractivity contribution < 1.29 is 4.39 Å². The second-order valence-electron chi connectivity index (χ2n) is 3.36. The minimum absolute atomic E-state index is 0.496. The monoisotopic (exact) mass is 205 g/mol. The molecule has 2 N–H and O–H groups in total. The van der Waals surface area contributed by atoms with E-state index in [1.807, 2.05) is 18.2 Å². The fraction of sp³-hybridized carbons (Fsp3) is 0.182. The fourth-order valence-corrected chi connectivity index (χ4v) is 1.55. The number of hydrogen-bond acceptors (Lipinski definition) is 2. The third-order valence-corrected chi connectivity index (χ3v) is 2.44. The van der Waals surface area contributed by atoms with Gasteiger partial charge in [0.2, 0.25) is 0 Å². The predicted octanol–water partition coefficient (Wildman–Crippen LogP) is 2.14. The molecule has 0 aliphatic heterocycles. The van der Waals surface area contributed by atoms with E-state index < -0.39 is 6.67 Å². The zero-order valence-corrected chi connectivity index (χ0v) is 8.44. The SMILES string of the molecule is Cn1ncc(-c2ccccc2CF)c1N. The normalized spacial score (nSPS) is 10.5. The number of benzene rings is 1. The summed E-state index contributed by atoms with van der Waals surface area (Å²) in [5.41, 5.74) is 8.07. The lowest BCUT2D eigenvalue weighted by molar-refractivity contribution is 0.486. The summed E-state index contributed by atoms with van der Waals surface area (Å²) in [6.45, 7) is -0.496. The van der Waals surface area contributed by atoms with E-state index >= 15 is 0 Å². The molecule has 0 amide bonds. The van der Waals surface area contributed by atoms with Crippen molar-refractivity contribution in [1.29, 1.82) is 0 Å². The third kappa shape index (κ3) is 1.58. The topological polar surface area (TPSA) is 43.8 Å². The van der Waals surface area contributed by atoms with E-state index in [0.29, 0.717) is 11.4 Å². The first-order chi connectivity index (χ1) is 7.24. The first kappa shape index (κ1) is 9.71. The molecular weight excluding hydrogens is 193 g/mol. The number of rotatable bonds is 2. The van der Waals surface area contributed by atoms with Crippen molar-refractivity contribution in [1.82, 2.24) is 9.78 Å². The van der Waals surface area contributed by atoms with Gasteiger partial charge in [0.05, 0.1) is 6.20 Å². The fourth-order valence-electron chi connectivity index (χ4n) is 1.55. The minimum atomic E-state index is -0.496. The number of nitrogens with two attached hydrogens (primary N) is 1. The summed E-state index contributed by atoms with van der Waals surface area (Å²) < 4.78 is 14.3. The summed E-state index contributed by atoms with van der Waals surface area (Å²) in [5, 5.41) is 4.04. The largest absolute Gasteiger partial charge is 0.383 e. The number of alkyl halides is 1. The molecule has 1 aromatic carbocycles. The minimum Gasteiger partial charge on any atom is -0.383 e. The van der Waals surface area contributed by atoms with E-state index in [9.17, 15) is 4.39 Å². The number of nitrogens with zero attached hydrogens (tertiary/aromatic N) is 2. The molecule has 0 bridgehead atoms. The maximum Gasteiger partial charge on any atom is 0.129 e. The predicted molar refractivity (Wildman–Crippen MR) is 57.9 cm³/mol. The Bertz CT molecular complexity index is 476. The highest BCUT2D eigenvalue weighted by Gasteiger charge is 2.10. The maximum atomic E-state index is 12.7. The number of hydrogen-bond donors (Lipinski definition) is 1. The second-order valence-corrected chi connectivity index (χ2v) is 3.36. The Morgan fingerprint density at radius 1 is 1.33 bits per heavy atom. The van der Waals surface area contributed by atoms with Crippen molar-refractivity contribution in [2.24, 2.45) is 7.05 Å². The summed E-state index contributed by atoms with van der Waals surface area (Å²) >= 11 is 0. The first-order valence-electron chi connectivity index (χ1n) is 4.65. The van der Waals surface area contributed by atoms with Gasteiger partial charge in [-0.3, -0.25) is 4.68 Å². The summed E-state index contributed by atoms with van der Waals surface area (Å²) in [5.74, 6) is 0.552. The number of aryl methyl sites for hydroxylation is 1. The van der Waals surface area contributed by atoms with E-state index in [-0.39, 0.29) is 0 Å². The van der Waals surface area contributed by atoms with Gasteiger partial charge in [0, 0.05) is 12.6 Å². The summed E-state index contributed by atoms with van der Waals surface area (Å²) in [7, 11) is 1.76. The smallest absolute Gasteiger partial charge is 0.129 e. The van der Waals surface area contributed by atoms with Crippen LogP contribution in [0.25, 0.3) is 11.1 Å². The molecule has 0 unspecified atom stereocenters. The molecule has 2 aromatic rings. The van der Waals surface area contributed by atoms with Crippen LogP contribution < -0.4 is 5.73 Å². The summed E-state index contributed by atoms with van der Waals surface area (Å²) in [4.78, 5) is 0. The molecule has 4 heteroatoms. The highest BCUT2D eigenvalue weighted by Crippen LogP contribution is 2.28.